The molecule has 7 nitrogen and oxygen atoms in total. The van der Waals surface area contributed by atoms with Gasteiger partial charge < -0.3 is 14.2 Å². The van der Waals surface area contributed by atoms with Crippen LogP contribution >= 0.6 is 22.9 Å². The molecular formula is C20H24ClN3O4S. The van der Waals surface area contributed by atoms with E-state index in [0.29, 0.717) is 29.9 Å². The maximum Gasteiger partial charge on any atom is 0.298 e. The van der Waals surface area contributed by atoms with Crippen LogP contribution in [0, 0.1) is 6.92 Å². The van der Waals surface area contributed by atoms with E-state index in [-0.39, 0.29) is 11.7 Å². The SMILES string of the molecule is Cc1c(Cl)ccc2sc(N(CCCN3CCOCC3)C(=O)C3=COCCO3)nc12. The zero-order valence-electron chi connectivity index (χ0n) is 16.4. The fourth-order valence-electron chi connectivity index (χ4n) is 3.38. The summed E-state index contributed by atoms with van der Waals surface area (Å²) in [6, 6.07) is 3.81. The number of ether oxygens (including phenoxy) is 3. The fraction of sp³-hybridized carbons (Fsp3) is 0.500. The van der Waals surface area contributed by atoms with Crippen molar-refractivity contribution in [2.75, 3.05) is 57.5 Å². The molecule has 0 saturated carbocycles. The molecule has 0 N–H and O–H groups in total. The number of thiazole rings is 1. The molecule has 0 spiro atoms. The molecule has 156 valence electrons. The lowest BCUT2D eigenvalue weighted by Crippen LogP contribution is -2.40. The van der Waals surface area contributed by atoms with Gasteiger partial charge in [0.2, 0.25) is 5.76 Å². The second-order valence-electron chi connectivity index (χ2n) is 6.98. The Morgan fingerprint density at radius 1 is 1.28 bits per heavy atom. The summed E-state index contributed by atoms with van der Waals surface area (Å²) in [6.07, 6.45) is 2.23. The number of carbonyl (C=O) groups excluding carboxylic acids is 1. The summed E-state index contributed by atoms with van der Waals surface area (Å²) < 4.78 is 17.2. The van der Waals surface area contributed by atoms with Gasteiger partial charge in [-0.1, -0.05) is 22.9 Å². The Balaban J connectivity index is 1.56. The molecule has 0 bridgehead atoms. The lowest BCUT2D eigenvalue weighted by Gasteiger charge is -2.28. The van der Waals surface area contributed by atoms with E-state index in [1.165, 1.54) is 17.6 Å². The Bertz CT molecular complexity index is 911. The van der Waals surface area contributed by atoms with Crippen LogP contribution in [-0.4, -0.2) is 68.4 Å². The molecule has 0 unspecified atom stereocenters. The molecule has 0 radical (unpaired) electrons. The van der Waals surface area contributed by atoms with Gasteiger partial charge in [-0.05, 0) is 31.0 Å². The van der Waals surface area contributed by atoms with Gasteiger partial charge in [0, 0.05) is 31.2 Å². The van der Waals surface area contributed by atoms with Crippen LogP contribution in [0.4, 0.5) is 5.13 Å². The van der Waals surface area contributed by atoms with Crippen molar-refractivity contribution in [2.45, 2.75) is 13.3 Å². The number of anilines is 1. The lowest BCUT2D eigenvalue weighted by atomic mass is 10.2. The van der Waals surface area contributed by atoms with Crippen molar-refractivity contribution in [3.8, 4) is 0 Å². The predicted molar refractivity (Wildman–Crippen MR) is 114 cm³/mol. The number of aryl methyl sites for hydroxylation is 1. The quantitative estimate of drug-likeness (QED) is 0.691. The van der Waals surface area contributed by atoms with Crippen molar-refractivity contribution in [3.05, 3.63) is 34.7 Å². The predicted octanol–water partition coefficient (Wildman–Crippen LogP) is 3.20. The largest absolute Gasteiger partial charge is 0.494 e. The molecule has 1 aromatic heterocycles. The third-order valence-corrected chi connectivity index (χ3v) is 6.49. The molecule has 2 aliphatic heterocycles. The van der Waals surface area contributed by atoms with E-state index >= 15 is 0 Å². The molecule has 1 saturated heterocycles. The van der Waals surface area contributed by atoms with Crippen molar-refractivity contribution < 1.29 is 19.0 Å². The molecule has 2 aliphatic rings. The second kappa shape index (κ2) is 9.30. The molecule has 3 heterocycles. The number of fused-ring (bicyclic) bond motifs is 1. The highest BCUT2D eigenvalue weighted by Gasteiger charge is 2.26. The molecule has 4 rings (SSSR count). The second-order valence-corrected chi connectivity index (χ2v) is 8.40. The van der Waals surface area contributed by atoms with Crippen LogP contribution in [-0.2, 0) is 19.0 Å². The van der Waals surface area contributed by atoms with E-state index in [1.54, 1.807) is 4.90 Å². The third-order valence-electron chi connectivity index (χ3n) is 5.03. The number of hydrogen-bond donors (Lipinski definition) is 0. The van der Waals surface area contributed by atoms with E-state index in [4.69, 9.17) is 30.8 Å². The Kier molecular flexibility index (Phi) is 6.54. The summed E-state index contributed by atoms with van der Waals surface area (Å²) in [4.78, 5) is 22.0. The summed E-state index contributed by atoms with van der Waals surface area (Å²) in [7, 11) is 0. The van der Waals surface area contributed by atoms with Gasteiger partial charge in [0.1, 0.15) is 19.5 Å². The topological polar surface area (TPSA) is 64.1 Å². The van der Waals surface area contributed by atoms with Gasteiger partial charge in [-0.3, -0.25) is 14.6 Å². The smallest absolute Gasteiger partial charge is 0.298 e. The first-order valence-corrected chi connectivity index (χ1v) is 10.9. The Labute approximate surface area is 178 Å². The molecular weight excluding hydrogens is 414 g/mol. The fourth-order valence-corrected chi connectivity index (χ4v) is 4.58. The van der Waals surface area contributed by atoms with E-state index in [0.717, 1.165) is 55.0 Å². The maximum atomic E-state index is 13.2. The molecule has 29 heavy (non-hydrogen) atoms. The Hall–Kier alpha value is -1.87. The highest BCUT2D eigenvalue weighted by atomic mass is 35.5. The average Bonchev–Trinajstić information content (AvgIpc) is 3.19. The zero-order chi connectivity index (χ0) is 20.2. The zero-order valence-corrected chi connectivity index (χ0v) is 17.9. The molecule has 1 aromatic carbocycles. The van der Waals surface area contributed by atoms with E-state index in [2.05, 4.69) is 4.90 Å². The lowest BCUT2D eigenvalue weighted by molar-refractivity contribution is -0.119. The van der Waals surface area contributed by atoms with Gasteiger partial charge in [-0.25, -0.2) is 4.98 Å². The Morgan fingerprint density at radius 2 is 2.10 bits per heavy atom. The summed E-state index contributed by atoms with van der Waals surface area (Å²) in [5.41, 5.74) is 1.75. The van der Waals surface area contributed by atoms with Crippen LogP contribution in [0.2, 0.25) is 5.02 Å². The minimum Gasteiger partial charge on any atom is -0.494 e. The minimum absolute atomic E-state index is 0.219. The number of halogens is 1. The molecule has 1 fully saturated rings. The van der Waals surface area contributed by atoms with Gasteiger partial charge in [0.15, 0.2) is 5.13 Å². The molecule has 0 aliphatic carbocycles. The molecule has 9 heteroatoms. The van der Waals surface area contributed by atoms with Crippen molar-refractivity contribution in [2.24, 2.45) is 0 Å². The summed E-state index contributed by atoms with van der Waals surface area (Å²) in [5.74, 6) is -0.00823. The van der Waals surface area contributed by atoms with Gasteiger partial charge in [0.05, 0.1) is 23.4 Å². The number of benzene rings is 1. The van der Waals surface area contributed by atoms with Gasteiger partial charge in [-0.2, -0.15) is 0 Å². The highest BCUT2D eigenvalue weighted by molar-refractivity contribution is 7.22. The van der Waals surface area contributed by atoms with Gasteiger partial charge in [0.25, 0.3) is 5.91 Å². The van der Waals surface area contributed by atoms with Crippen LogP contribution < -0.4 is 4.90 Å². The minimum atomic E-state index is -0.227. The Morgan fingerprint density at radius 3 is 2.86 bits per heavy atom. The normalized spacial score (nSPS) is 17.5. The molecule has 2 aromatic rings. The number of carbonyl (C=O) groups is 1. The number of hydrogen-bond acceptors (Lipinski definition) is 7. The van der Waals surface area contributed by atoms with Gasteiger partial charge in [-0.15, -0.1) is 0 Å². The van der Waals surface area contributed by atoms with E-state index < -0.39 is 0 Å². The maximum absolute atomic E-state index is 13.2. The summed E-state index contributed by atoms with van der Waals surface area (Å²) in [6.45, 7) is 7.59. The number of rotatable bonds is 6. The van der Waals surface area contributed by atoms with Crippen molar-refractivity contribution in [1.29, 1.82) is 0 Å². The van der Waals surface area contributed by atoms with Crippen LogP contribution in [0.5, 0.6) is 0 Å². The van der Waals surface area contributed by atoms with Crippen LogP contribution in [0.15, 0.2) is 24.2 Å². The van der Waals surface area contributed by atoms with Crippen molar-refractivity contribution >= 4 is 44.2 Å². The van der Waals surface area contributed by atoms with Crippen LogP contribution in [0.3, 0.4) is 0 Å². The standard InChI is InChI=1S/C20H24ClN3O4S/c1-14-15(21)3-4-17-18(14)22-20(29-17)24(19(25)16-13-27-11-12-28-16)6-2-5-23-7-9-26-10-8-23/h3-4,13H,2,5-12H2,1H3. The number of amides is 1. The first-order valence-electron chi connectivity index (χ1n) is 9.75. The third kappa shape index (κ3) is 4.66. The van der Waals surface area contributed by atoms with Crippen molar-refractivity contribution in [3.63, 3.8) is 0 Å². The van der Waals surface area contributed by atoms with E-state index in [9.17, 15) is 4.79 Å². The first-order chi connectivity index (χ1) is 14.1. The van der Waals surface area contributed by atoms with Crippen molar-refractivity contribution in [1.82, 2.24) is 9.88 Å². The summed E-state index contributed by atoms with van der Waals surface area (Å²) in [5, 5.41) is 1.32. The number of aromatic nitrogens is 1. The molecule has 0 atom stereocenters. The van der Waals surface area contributed by atoms with E-state index in [1.807, 2.05) is 19.1 Å². The highest BCUT2D eigenvalue weighted by Crippen LogP contribution is 2.34. The molecule has 1 amide bonds. The first kappa shape index (κ1) is 20.4. The number of morpholine rings is 1. The van der Waals surface area contributed by atoms with Crippen LogP contribution in [0.25, 0.3) is 10.2 Å². The monoisotopic (exact) mass is 437 g/mol. The van der Waals surface area contributed by atoms with Gasteiger partial charge >= 0.3 is 0 Å². The number of nitrogens with zero attached hydrogens (tertiary/aromatic N) is 3. The summed E-state index contributed by atoms with van der Waals surface area (Å²) >= 11 is 7.74. The van der Waals surface area contributed by atoms with Crippen LogP contribution in [0.1, 0.15) is 12.0 Å². The average molecular weight is 438 g/mol.